The molecule has 0 fully saturated rings. The predicted molar refractivity (Wildman–Crippen MR) is 141 cm³/mol. The summed E-state index contributed by atoms with van der Waals surface area (Å²) in [4.78, 5) is 24.6. The Kier molecular flexibility index (Phi) is 8.27. The summed E-state index contributed by atoms with van der Waals surface area (Å²) in [6, 6.07) is 28.8. The van der Waals surface area contributed by atoms with E-state index in [1.54, 1.807) is 24.4 Å². The number of nitrogens with one attached hydrogen (secondary N) is 2. The van der Waals surface area contributed by atoms with Crippen molar-refractivity contribution in [2.75, 3.05) is 12.4 Å². The fourth-order valence-electron chi connectivity index (χ4n) is 3.68. The predicted octanol–water partition coefficient (Wildman–Crippen LogP) is 5.30. The fourth-order valence-corrected chi connectivity index (χ4v) is 3.68. The van der Waals surface area contributed by atoms with Gasteiger partial charge in [-0.05, 0) is 34.5 Å². The van der Waals surface area contributed by atoms with Crippen molar-refractivity contribution in [3.05, 3.63) is 102 Å². The topological polar surface area (TPSA) is 89.0 Å². The molecule has 2 N–H and O–H groups in total. The number of fused-ring (bicyclic) bond motifs is 1. The molecule has 0 radical (unpaired) electrons. The van der Waals surface area contributed by atoms with Crippen molar-refractivity contribution in [1.82, 2.24) is 5.43 Å². The minimum atomic E-state index is -0.367. The summed E-state index contributed by atoms with van der Waals surface area (Å²) in [5, 5.41) is 8.88. The number of benzene rings is 4. The lowest BCUT2D eigenvalue weighted by molar-refractivity contribution is -0.124. The number of para-hydroxylation sites is 2. The minimum absolute atomic E-state index is 0.00871. The van der Waals surface area contributed by atoms with Crippen molar-refractivity contribution in [2.45, 2.75) is 19.4 Å². The van der Waals surface area contributed by atoms with Crippen LogP contribution in [0.5, 0.6) is 11.5 Å². The molecule has 0 aromatic heterocycles. The molecule has 4 rings (SSSR count). The number of anilines is 1. The highest BCUT2D eigenvalue weighted by atomic mass is 16.5. The van der Waals surface area contributed by atoms with E-state index in [1.807, 2.05) is 72.8 Å². The molecule has 0 saturated heterocycles. The van der Waals surface area contributed by atoms with Gasteiger partial charge in [0.2, 0.25) is 11.8 Å². The Hall–Kier alpha value is -4.65. The van der Waals surface area contributed by atoms with Crippen molar-refractivity contribution < 1.29 is 19.1 Å². The number of methoxy groups -OCH3 is 1. The zero-order valence-electron chi connectivity index (χ0n) is 19.9. The van der Waals surface area contributed by atoms with E-state index < -0.39 is 0 Å². The zero-order valence-corrected chi connectivity index (χ0v) is 19.9. The Morgan fingerprint density at radius 3 is 2.36 bits per heavy atom. The van der Waals surface area contributed by atoms with Crippen LogP contribution in [0.25, 0.3) is 10.8 Å². The van der Waals surface area contributed by atoms with Crippen LogP contribution in [-0.4, -0.2) is 25.1 Å². The Labute approximate surface area is 209 Å². The zero-order chi connectivity index (χ0) is 25.2. The Bertz CT molecular complexity index is 1370. The van der Waals surface area contributed by atoms with Crippen LogP contribution < -0.4 is 20.2 Å². The highest BCUT2D eigenvalue weighted by Crippen LogP contribution is 2.27. The van der Waals surface area contributed by atoms with E-state index in [0.717, 1.165) is 21.9 Å². The molecule has 7 nitrogen and oxygen atoms in total. The SMILES string of the molecule is COc1ccccc1NC(=O)CCC(=O)NN=Cc1c(OCc2ccccc2)ccc2ccccc12. The molecule has 0 unspecified atom stereocenters. The monoisotopic (exact) mass is 481 g/mol. The maximum Gasteiger partial charge on any atom is 0.240 e. The summed E-state index contributed by atoms with van der Waals surface area (Å²) in [5.74, 6) is 0.560. The van der Waals surface area contributed by atoms with Crippen LogP contribution in [0.2, 0.25) is 0 Å². The van der Waals surface area contributed by atoms with Gasteiger partial charge in [0.1, 0.15) is 18.1 Å². The Morgan fingerprint density at radius 1 is 0.806 bits per heavy atom. The number of hydrogen-bond donors (Lipinski definition) is 2. The third kappa shape index (κ3) is 6.48. The number of carbonyl (C=O) groups is 2. The quantitative estimate of drug-likeness (QED) is 0.238. The van der Waals surface area contributed by atoms with Crippen LogP contribution in [0.3, 0.4) is 0 Å². The van der Waals surface area contributed by atoms with Crippen molar-refractivity contribution in [1.29, 1.82) is 0 Å². The molecular weight excluding hydrogens is 454 g/mol. The van der Waals surface area contributed by atoms with E-state index in [1.165, 1.54) is 7.11 Å². The Morgan fingerprint density at radius 2 is 1.53 bits per heavy atom. The summed E-state index contributed by atoms with van der Waals surface area (Å²) < 4.78 is 11.3. The molecule has 0 heterocycles. The van der Waals surface area contributed by atoms with Crippen molar-refractivity contribution in [2.24, 2.45) is 5.10 Å². The second-order valence-electron chi connectivity index (χ2n) is 8.01. The number of hydrazone groups is 1. The number of carbonyl (C=O) groups excluding carboxylic acids is 2. The van der Waals surface area contributed by atoms with Gasteiger partial charge < -0.3 is 14.8 Å². The normalized spacial score (nSPS) is 10.8. The lowest BCUT2D eigenvalue weighted by atomic mass is 10.0. The largest absolute Gasteiger partial charge is 0.495 e. The van der Waals surface area contributed by atoms with Gasteiger partial charge >= 0.3 is 0 Å². The highest BCUT2D eigenvalue weighted by molar-refractivity contribution is 6.02. The van der Waals surface area contributed by atoms with Crippen LogP contribution >= 0.6 is 0 Å². The van der Waals surface area contributed by atoms with Gasteiger partial charge in [-0.1, -0.05) is 72.8 Å². The van der Waals surface area contributed by atoms with Crippen LogP contribution in [0, 0.1) is 0 Å². The molecule has 0 aliphatic rings. The average molecular weight is 482 g/mol. The van der Waals surface area contributed by atoms with Gasteiger partial charge in [-0.3, -0.25) is 9.59 Å². The molecule has 0 saturated carbocycles. The van der Waals surface area contributed by atoms with Gasteiger partial charge in [0.25, 0.3) is 0 Å². The number of ether oxygens (including phenoxy) is 2. The first-order chi connectivity index (χ1) is 17.6. The van der Waals surface area contributed by atoms with Crippen molar-refractivity contribution in [3.63, 3.8) is 0 Å². The van der Waals surface area contributed by atoms with E-state index in [-0.39, 0.29) is 24.7 Å². The van der Waals surface area contributed by atoms with Gasteiger partial charge in [0.15, 0.2) is 0 Å². The fraction of sp³-hybridized carbons (Fsp3) is 0.138. The number of nitrogens with zero attached hydrogens (tertiary/aromatic N) is 1. The van der Waals surface area contributed by atoms with Gasteiger partial charge in [0.05, 0.1) is 19.0 Å². The average Bonchev–Trinajstić information content (AvgIpc) is 2.92. The van der Waals surface area contributed by atoms with Crippen molar-refractivity contribution >= 4 is 34.5 Å². The van der Waals surface area contributed by atoms with Crippen molar-refractivity contribution in [3.8, 4) is 11.5 Å². The smallest absolute Gasteiger partial charge is 0.240 e. The minimum Gasteiger partial charge on any atom is -0.495 e. The molecule has 0 aliphatic heterocycles. The molecule has 182 valence electrons. The second-order valence-corrected chi connectivity index (χ2v) is 8.01. The lowest BCUT2D eigenvalue weighted by Gasteiger charge is -2.12. The van der Waals surface area contributed by atoms with Crippen LogP contribution in [0.15, 0.2) is 96.1 Å². The maximum absolute atomic E-state index is 12.3. The van der Waals surface area contributed by atoms with Gasteiger partial charge in [-0.2, -0.15) is 5.10 Å². The highest BCUT2D eigenvalue weighted by Gasteiger charge is 2.11. The second kappa shape index (κ2) is 12.2. The Balaban J connectivity index is 1.38. The summed E-state index contributed by atoms with van der Waals surface area (Å²) in [5.41, 5.74) is 4.88. The van der Waals surface area contributed by atoms with Gasteiger partial charge in [-0.15, -0.1) is 0 Å². The molecule has 0 atom stereocenters. The summed E-state index contributed by atoms with van der Waals surface area (Å²) >= 11 is 0. The summed E-state index contributed by atoms with van der Waals surface area (Å²) in [6.07, 6.45) is 1.58. The molecule has 2 amide bonds. The number of hydrogen-bond acceptors (Lipinski definition) is 5. The van der Waals surface area contributed by atoms with Gasteiger partial charge in [0, 0.05) is 18.4 Å². The molecular formula is C29H27N3O4. The molecule has 0 bridgehead atoms. The molecule has 7 heteroatoms. The number of amides is 2. The van der Waals surface area contributed by atoms with Crippen LogP contribution in [0.4, 0.5) is 5.69 Å². The number of rotatable bonds is 10. The van der Waals surface area contributed by atoms with Gasteiger partial charge in [-0.25, -0.2) is 5.43 Å². The third-order valence-electron chi connectivity index (χ3n) is 5.51. The van der Waals surface area contributed by atoms with E-state index in [2.05, 4.69) is 15.8 Å². The molecule has 4 aromatic carbocycles. The van der Waals surface area contributed by atoms with E-state index in [4.69, 9.17) is 9.47 Å². The first-order valence-corrected chi connectivity index (χ1v) is 11.6. The molecule has 36 heavy (non-hydrogen) atoms. The summed E-state index contributed by atoms with van der Waals surface area (Å²) in [6.45, 7) is 0.410. The lowest BCUT2D eigenvalue weighted by Crippen LogP contribution is -2.20. The summed E-state index contributed by atoms with van der Waals surface area (Å²) in [7, 11) is 1.53. The maximum atomic E-state index is 12.3. The van der Waals surface area contributed by atoms with Crippen LogP contribution in [-0.2, 0) is 16.2 Å². The third-order valence-corrected chi connectivity index (χ3v) is 5.51. The molecule has 0 spiro atoms. The van der Waals surface area contributed by atoms with E-state index in [0.29, 0.717) is 23.8 Å². The molecule has 0 aliphatic carbocycles. The van der Waals surface area contributed by atoms with E-state index in [9.17, 15) is 9.59 Å². The molecule has 4 aromatic rings. The first kappa shape index (κ1) is 24.5. The standard InChI is InChI=1S/C29H27N3O4/c1-35-27-14-8-7-13-25(27)31-28(33)17-18-29(34)32-30-19-24-23-12-6-5-11-22(23)15-16-26(24)36-20-21-9-3-2-4-10-21/h2-16,19H,17-18,20H2,1H3,(H,31,33)(H,32,34). The van der Waals surface area contributed by atoms with Crippen LogP contribution in [0.1, 0.15) is 24.0 Å². The van der Waals surface area contributed by atoms with E-state index >= 15 is 0 Å². The first-order valence-electron chi connectivity index (χ1n) is 11.6.